The molecule has 86 valence electrons. The molecule has 0 spiro atoms. The van der Waals surface area contributed by atoms with Crippen molar-refractivity contribution in [1.29, 1.82) is 5.41 Å². The Kier molecular flexibility index (Phi) is 5.48. The maximum atomic E-state index is 8.09. The van der Waals surface area contributed by atoms with E-state index in [0.29, 0.717) is 5.71 Å². The number of nitrogens with one attached hydrogen (secondary N) is 1. The van der Waals surface area contributed by atoms with E-state index in [1.165, 1.54) is 12.8 Å². The zero-order valence-electron chi connectivity index (χ0n) is 9.95. The number of aromatic nitrogens is 1. The lowest BCUT2D eigenvalue weighted by molar-refractivity contribution is 0.627. The third-order valence-electron chi connectivity index (χ3n) is 2.71. The topological polar surface area (TPSA) is 36.7 Å². The summed E-state index contributed by atoms with van der Waals surface area (Å²) in [5.41, 5.74) is 1.36. The summed E-state index contributed by atoms with van der Waals surface area (Å²) in [6.07, 6.45) is 8.19. The second kappa shape index (κ2) is 6.94. The van der Waals surface area contributed by atoms with Crippen molar-refractivity contribution in [2.45, 2.75) is 32.6 Å². The Hall–Kier alpha value is -1.44. The van der Waals surface area contributed by atoms with Gasteiger partial charge in [0.2, 0.25) is 0 Å². The number of pyridine rings is 1. The second-order valence-electron chi connectivity index (χ2n) is 3.97. The van der Waals surface area contributed by atoms with Crippen LogP contribution >= 0.6 is 0 Å². The summed E-state index contributed by atoms with van der Waals surface area (Å²) in [4.78, 5) is 4.20. The molecule has 0 aliphatic rings. The van der Waals surface area contributed by atoms with Crippen molar-refractivity contribution in [1.82, 2.24) is 4.98 Å². The van der Waals surface area contributed by atoms with E-state index >= 15 is 0 Å². The molecule has 1 rings (SSSR count). The zero-order valence-corrected chi connectivity index (χ0v) is 9.95. The first-order valence-corrected chi connectivity index (χ1v) is 5.92. The van der Waals surface area contributed by atoms with Gasteiger partial charge in [0.15, 0.2) is 0 Å². The van der Waals surface area contributed by atoms with E-state index in [2.05, 4.69) is 18.5 Å². The molecule has 0 radical (unpaired) electrons. The predicted octanol–water partition coefficient (Wildman–Crippen LogP) is 3.83. The van der Waals surface area contributed by atoms with Crippen LogP contribution in [0.3, 0.4) is 0 Å². The van der Waals surface area contributed by atoms with E-state index < -0.39 is 0 Å². The van der Waals surface area contributed by atoms with Gasteiger partial charge in [-0.3, -0.25) is 4.98 Å². The monoisotopic (exact) mass is 216 g/mol. The molecule has 0 fully saturated rings. The molecular formula is C14H20N2. The van der Waals surface area contributed by atoms with Gasteiger partial charge >= 0.3 is 0 Å². The fourth-order valence-electron chi connectivity index (χ4n) is 1.71. The Morgan fingerprint density at radius 3 is 2.88 bits per heavy atom. The molecule has 1 unspecified atom stereocenters. The number of hydrogen-bond acceptors (Lipinski definition) is 2. The number of unbranched alkanes of at least 4 members (excludes halogenated alkanes) is 2. The molecule has 0 aromatic carbocycles. The van der Waals surface area contributed by atoms with E-state index in [9.17, 15) is 0 Å². The SMILES string of the molecule is C=CC(CCCCC)C(=N)c1ccccn1. The smallest absolute Gasteiger partial charge is 0.0843 e. The van der Waals surface area contributed by atoms with Crippen LogP contribution in [-0.2, 0) is 0 Å². The molecule has 1 N–H and O–H groups in total. The Balaban J connectivity index is 2.59. The summed E-state index contributed by atoms with van der Waals surface area (Å²) >= 11 is 0. The van der Waals surface area contributed by atoms with Gasteiger partial charge in [-0.25, -0.2) is 0 Å². The van der Waals surface area contributed by atoms with Gasteiger partial charge in [-0.1, -0.05) is 38.3 Å². The van der Waals surface area contributed by atoms with Crippen LogP contribution in [0.25, 0.3) is 0 Å². The molecule has 2 nitrogen and oxygen atoms in total. The molecule has 0 aliphatic carbocycles. The second-order valence-corrected chi connectivity index (χ2v) is 3.97. The fraction of sp³-hybridized carbons (Fsp3) is 0.429. The molecule has 0 saturated heterocycles. The van der Waals surface area contributed by atoms with E-state index in [0.717, 1.165) is 18.5 Å². The first kappa shape index (κ1) is 12.6. The van der Waals surface area contributed by atoms with E-state index in [4.69, 9.17) is 5.41 Å². The van der Waals surface area contributed by atoms with Crippen molar-refractivity contribution in [2.24, 2.45) is 5.92 Å². The highest BCUT2D eigenvalue weighted by Crippen LogP contribution is 2.15. The first-order valence-electron chi connectivity index (χ1n) is 5.92. The minimum atomic E-state index is 0.140. The lowest BCUT2D eigenvalue weighted by Crippen LogP contribution is -2.13. The summed E-state index contributed by atoms with van der Waals surface area (Å²) in [6, 6.07) is 5.68. The molecule has 16 heavy (non-hydrogen) atoms. The van der Waals surface area contributed by atoms with Crippen LogP contribution in [0.15, 0.2) is 37.1 Å². The molecule has 0 bridgehead atoms. The Morgan fingerprint density at radius 2 is 2.31 bits per heavy atom. The van der Waals surface area contributed by atoms with Gasteiger partial charge < -0.3 is 5.41 Å². The molecular weight excluding hydrogens is 196 g/mol. The fourth-order valence-corrected chi connectivity index (χ4v) is 1.71. The van der Waals surface area contributed by atoms with Crippen LogP contribution in [0.1, 0.15) is 38.3 Å². The lowest BCUT2D eigenvalue weighted by atomic mass is 9.94. The van der Waals surface area contributed by atoms with Crippen LogP contribution in [0.2, 0.25) is 0 Å². The van der Waals surface area contributed by atoms with Crippen molar-refractivity contribution in [3.63, 3.8) is 0 Å². The molecule has 0 amide bonds. The van der Waals surface area contributed by atoms with Crippen molar-refractivity contribution in [2.75, 3.05) is 0 Å². The van der Waals surface area contributed by atoms with E-state index in [-0.39, 0.29) is 5.92 Å². The molecule has 0 saturated carbocycles. The van der Waals surface area contributed by atoms with Gasteiger partial charge in [-0.05, 0) is 18.6 Å². The zero-order chi connectivity index (χ0) is 11.8. The van der Waals surface area contributed by atoms with E-state index in [1.807, 2.05) is 24.3 Å². The van der Waals surface area contributed by atoms with E-state index in [1.54, 1.807) is 6.20 Å². The quantitative estimate of drug-likeness (QED) is 0.420. The number of nitrogens with zero attached hydrogens (tertiary/aromatic N) is 1. The third kappa shape index (κ3) is 3.61. The number of allylic oxidation sites excluding steroid dienone is 1. The van der Waals surface area contributed by atoms with Gasteiger partial charge in [0.05, 0.1) is 11.4 Å². The maximum Gasteiger partial charge on any atom is 0.0843 e. The van der Waals surface area contributed by atoms with Crippen LogP contribution in [0.5, 0.6) is 0 Å². The van der Waals surface area contributed by atoms with Crippen molar-refractivity contribution >= 4 is 5.71 Å². The highest BCUT2D eigenvalue weighted by molar-refractivity contribution is 5.99. The minimum absolute atomic E-state index is 0.140. The number of rotatable bonds is 7. The molecule has 1 aromatic rings. The van der Waals surface area contributed by atoms with Crippen molar-refractivity contribution in [3.8, 4) is 0 Å². The third-order valence-corrected chi connectivity index (χ3v) is 2.71. The summed E-state index contributed by atoms with van der Waals surface area (Å²) < 4.78 is 0. The van der Waals surface area contributed by atoms with Gasteiger partial charge in [0, 0.05) is 12.1 Å². The normalized spacial score (nSPS) is 12.1. The molecule has 1 heterocycles. The molecule has 1 atom stereocenters. The summed E-state index contributed by atoms with van der Waals surface area (Å²) in [6.45, 7) is 6.01. The Labute approximate surface area is 97.9 Å². The predicted molar refractivity (Wildman–Crippen MR) is 68.9 cm³/mol. The van der Waals surface area contributed by atoms with Crippen LogP contribution in [0.4, 0.5) is 0 Å². The average molecular weight is 216 g/mol. The molecule has 0 aliphatic heterocycles. The number of hydrogen-bond donors (Lipinski definition) is 1. The van der Waals surface area contributed by atoms with Crippen LogP contribution in [0, 0.1) is 11.3 Å². The highest BCUT2D eigenvalue weighted by atomic mass is 14.7. The van der Waals surface area contributed by atoms with Crippen LogP contribution < -0.4 is 0 Å². The maximum absolute atomic E-state index is 8.09. The average Bonchev–Trinajstić information content (AvgIpc) is 2.35. The van der Waals surface area contributed by atoms with Crippen molar-refractivity contribution < 1.29 is 0 Å². The summed E-state index contributed by atoms with van der Waals surface area (Å²) in [5, 5.41) is 8.09. The van der Waals surface area contributed by atoms with Gasteiger partial charge in [-0.15, -0.1) is 6.58 Å². The summed E-state index contributed by atoms with van der Waals surface area (Å²) in [5.74, 6) is 0.140. The van der Waals surface area contributed by atoms with Gasteiger partial charge in [-0.2, -0.15) is 0 Å². The Bertz CT molecular complexity index is 330. The first-order chi connectivity index (χ1) is 7.79. The Morgan fingerprint density at radius 1 is 1.50 bits per heavy atom. The standard InChI is InChI=1S/C14H20N2/c1-3-5-6-9-12(4-2)14(15)13-10-7-8-11-16-13/h4,7-8,10-12,15H,2-3,5-6,9H2,1H3. The lowest BCUT2D eigenvalue weighted by Gasteiger charge is -2.13. The molecule has 2 heteroatoms. The minimum Gasteiger partial charge on any atom is -0.302 e. The van der Waals surface area contributed by atoms with Gasteiger partial charge in [0.1, 0.15) is 0 Å². The largest absolute Gasteiger partial charge is 0.302 e. The van der Waals surface area contributed by atoms with Crippen molar-refractivity contribution in [3.05, 3.63) is 42.7 Å². The van der Waals surface area contributed by atoms with Gasteiger partial charge in [0.25, 0.3) is 0 Å². The molecule has 1 aromatic heterocycles. The van der Waals surface area contributed by atoms with Crippen LogP contribution in [-0.4, -0.2) is 10.7 Å². The summed E-state index contributed by atoms with van der Waals surface area (Å²) in [7, 11) is 0. The highest BCUT2D eigenvalue weighted by Gasteiger charge is 2.12.